The Bertz CT molecular complexity index is 2520. The lowest BCUT2D eigenvalue weighted by molar-refractivity contribution is -0.148. The van der Waals surface area contributed by atoms with Crippen LogP contribution in [-0.4, -0.2) is 83.9 Å². The van der Waals surface area contributed by atoms with Crippen LogP contribution in [0.2, 0.25) is 0 Å². The minimum absolute atomic E-state index is 0.0205. The average Bonchev–Trinajstić information content (AvgIpc) is 4.07. The van der Waals surface area contributed by atoms with Crippen molar-refractivity contribution in [2.45, 2.75) is 135 Å². The van der Waals surface area contributed by atoms with E-state index in [1.165, 1.54) is 78.0 Å². The van der Waals surface area contributed by atoms with Crippen molar-refractivity contribution in [1.29, 1.82) is 0 Å². The van der Waals surface area contributed by atoms with Crippen LogP contribution in [0.15, 0.2) is 70.8 Å². The maximum Gasteiger partial charge on any atom is 0.306 e. The van der Waals surface area contributed by atoms with Crippen LogP contribution in [0.3, 0.4) is 0 Å². The van der Waals surface area contributed by atoms with Gasteiger partial charge in [-0.2, -0.15) is 0 Å². The Morgan fingerprint density at radius 3 is 2.06 bits per heavy atom. The number of allylic oxidation sites excluding steroid dienone is 1. The van der Waals surface area contributed by atoms with Crippen LogP contribution in [0.1, 0.15) is 132 Å². The van der Waals surface area contributed by atoms with Crippen molar-refractivity contribution in [1.82, 2.24) is 9.80 Å². The van der Waals surface area contributed by atoms with E-state index in [2.05, 4.69) is 73.3 Å². The minimum Gasteiger partial charge on any atom is -0.469 e. The molecule has 65 heavy (non-hydrogen) atoms. The molecule has 4 heterocycles. The normalized spacial score (nSPS) is 26.0. The highest BCUT2D eigenvalue weighted by molar-refractivity contribution is 6.04. The van der Waals surface area contributed by atoms with E-state index >= 15 is 0 Å². The Morgan fingerprint density at radius 1 is 0.723 bits per heavy atom. The van der Waals surface area contributed by atoms with E-state index in [1.807, 2.05) is 24.9 Å². The predicted octanol–water partition coefficient (Wildman–Crippen LogP) is 10.2. The molecule has 7 aliphatic rings. The van der Waals surface area contributed by atoms with Gasteiger partial charge in [-0.3, -0.25) is 29.2 Å². The lowest BCUT2D eigenvalue weighted by Gasteiger charge is -2.33. The molecular formula is C55H64N4O6. The number of piperidine rings is 1. The molecule has 3 aliphatic carbocycles. The number of hydrogen-bond donors (Lipinski definition) is 0. The Kier molecular flexibility index (Phi) is 11.7. The fourth-order valence-corrected chi connectivity index (χ4v) is 12.6. The van der Waals surface area contributed by atoms with Gasteiger partial charge >= 0.3 is 11.9 Å². The van der Waals surface area contributed by atoms with Gasteiger partial charge in [0.15, 0.2) is 0 Å². The number of fused-ring (bicyclic) bond motifs is 7. The zero-order chi connectivity index (χ0) is 45.3. The number of carbonyl (C=O) groups excluding carboxylic acids is 4. The van der Waals surface area contributed by atoms with Gasteiger partial charge in [0.25, 0.3) is 0 Å². The van der Waals surface area contributed by atoms with Gasteiger partial charge in [0.1, 0.15) is 0 Å². The molecule has 340 valence electrons. The van der Waals surface area contributed by atoms with Crippen LogP contribution in [0.4, 0.5) is 5.69 Å². The van der Waals surface area contributed by atoms with Gasteiger partial charge < -0.3 is 19.3 Å². The second-order valence-corrected chi connectivity index (χ2v) is 20.5. The van der Waals surface area contributed by atoms with Crippen LogP contribution >= 0.6 is 0 Å². The maximum atomic E-state index is 14.3. The summed E-state index contributed by atoms with van der Waals surface area (Å²) in [5.74, 6) is 0.447. The van der Waals surface area contributed by atoms with Crippen molar-refractivity contribution in [3.05, 3.63) is 83.1 Å². The number of ether oxygens (including phenoxy) is 2. The molecule has 2 bridgehead atoms. The molecule has 10 heteroatoms. The molecule has 2 amide bonds. The summed E-state index contributed by atoms with van der Waals surface area (Å²) in [6, 6.07) is 20.7. The first kappa shape index (κ1) is 43.5. The summed E-state index contributed by atoms with van der Waals surface area (Å²) in [6.45, 7) is 8.85. The lowest BCUT2D eigenvalue weighted by atomic mass is 9.81. The second-order valence-electron chi connectivity index (χ2n) is 20.5. The number of nitrogens with zero attached hydrogens (tertiary/aromatic N) is 4. The number of benzene rings is 3. The molecule has 3 aromatic carbocycles. The quantitative estimate of drug-likeness (QED) is 0.149. The van der Waals surface area contributed by atoms with Gasteiger partial charge in [-0.15, -0.1) is 0 Å². The average molecular weight is 877 g/mol. The van der Waals surface area contributed by atoms with Crippen molar-refractivity contribution in [2.75, 3.05) is 20.8 Å². The van der Waals surface area contributed by atoms with Gasteiger partial charge in [-0.25, -0.2) is 0 Å². The zero-order valence-electron chi connectivity index (χ0n) is 39.0. The van der Waals surface area contributed by atoms with Crippen molar-refractivity contribution >= 4 is 46.4 Å². The van der Waals surface area contributed by atoms with E-state index in [0.29, 0.717) is 30.7 Å². The van der Waals surface area contributed by atoms with E-state index in [1.54, 1.807) is 0 Å². The van der Waals surface area contributed by atoms with Gasteiger partial charge in [0, 0.05) is 43.1 Å². The molecule has 4 fully saturated rings. The summed E-state index contributed by atoms with van der Waals surface area (Å²) < 4.78 is 9.95. The molecule has 2 saturated carbocycles. The molecule has 4 aliphatic heterocycles. The molecule has 0 N–H and O–H groups in total. The fourth-order valence-electron chi connectivity index (χ4n) is 12.6. The molecule has 9 atom stereocenters. The third kappa shape index (κ3) is 7.86. The summed E-state index contributed by atoms with van der Waals surface area (Å²) in [5, 5.41) is 0. The number of amides is 2. The molecule has 10 rings (SSSR count). The van der Waals surface area contributed by atoms with Gasteiger partial charge in [-0.1, -0.05) is 76.6 Å². The number of methoxy groups -OCH3 is 2. The molecule has 0 spiro atoms. The first-order valence-corrected chi connectivity index (χ1v) is 24.5. The molecule has 3 aromatic rings. The van der Waals surface area contributed by atoms with Crippen LogP contribution in [0.5, 0.6) is 0 Å². The van der Waals surface area contributed by atoms with E-state index in [0.717, 1.165) is 61.2 Å². The summed E-state index contributed by atoms with van der Waals surface area (Å²) >= 11 is 0. The molecule has 10 nitrogen and oxygen atoms in total. The standard InChI is InChI=1S/C55H64N4O6/c1-7-31(4)43(28-51(61)65-6)55(63)59-48-25-38(48)26-49(59)46-23-37-21-34(16-19-44(37)57-46)41-18-17-40(52-35-14-15-36(22-35)53(41)52)33-12-10-32(11-13-33)39-24-45(56-29-39)47-9-8-20-58(47)54(62)42(30(2)3)27-50(60)64-5/h10-13,16-19,21,29-31,35-36,38,42-43,47-49H,7-9,14-15,20,22-28H2,1-6H3/t31?,35?,36?,38?,42-,43-,47-,48?,49-/m0/s1. The van der Waals surface area contributed by atoms with Crippen LogP contribution in [0.25, 0.3) is 27.8 Å². The molecular weight excluding hydrogens is 813 g/mol. The third-order valence-electron chi connectivity index (χ3n) is 16.5. The third-order valence-corrected chi connectivity index (χ3v) is 16.5. The highest BCUT2D eigenvalue weighted by Gasteiger charge is 2.56. The summed E-state index contributed by atoms with van der Waals surface area (Å²) in [7, 11) is 2.78. The van der Waals surface area contributed by atoms with Crippen molar-refractivity contribution < 1.29 is 28.7 Å². The predicted molar refractivity (Wildman–Crippen MR) is 254 cm³/mol. The number of carbonyl (C=O) groups is 4. The van der Waals surface area contributed by atoms with E-state index in [-0.39, 0.29) is 72.5 Å². The molecule has 5 unspecified atom stereocenters. The second kappa shape index (κ2) is 17.4. The van der Waals surface area contributed by atoms with E-state index in [4.69, 9.17) is 19.5 Å². The monoisotopic (exact) mass is 876 g/mol. The van der Waals surface area contributed by atoms with Crippen LogP contribution < -0.4 is 0 Å². The zero-order valence-corrected chi connectivity index (χ0v) is 39.0. The maximum absolute atomic E-state index is 14.3. The van der Waals surface area contributed by atoms with Gasteiger partial charge in [0.05, 0.1) is 56.7 Å². The molecule has 0 aromatic heterocycles. The van der Waals surface area contributed by atoms with Gasteiger partial charge in [0.2, 0.25) is 11.8 Å². The SMILES string of the molecule is CCC(C)[C@H](CC(=O)OC)C(=O)N1C2CC2C[C@H]1C1=Nc2ccc(-c3ccc(-c4ccc(C5=CN=C([C@@H]6CCCN6C(=O)[C@@H](CC(=O)OC)C(C)C)C5)cc4)c4c3C3CCC4C3)cc2C1. The number of aliphatic imine (C=N–C) groups is 2. The number of likely N-dealkylation sites (tertiary alicyclic amines) is 2. The van der Waals surface area contributed by atoms with E-state index in [9.17, 15) is 19.2 Å². The first-order chi connectivity index (χ1) is 31.5. The first-order valence-electron chi connectivity index (χ1n) is 24.5. The Hall–Kier alpha value is -5.38. The van der Waals surface area contributed by atoms with Crippen molar-refractivity contribution in [3.8, 4) is 22.3 Å². The Labute approximate surface area is 384 Å². The lowest BCUT2D eigenvalue weighted by Crippen LogP contribution is -2.47. The molecule has 2 saturated heterocycles. The molecule has 0 radical (unpaired) electrons. The smallest absolute Gasteiger partial charge is 0.306 e. The highest BCUT2D eigenvalue weighted by atomic mass is 16.5. The van der Waals surface area contributed by atoms with Crippen molar-refractivity contribution in [3.63, 3.8) is 0 Å². The number of rotatable bonds is 14. The highest BCUT2D eigenvalue weighted by Crippen LogP contribution is 2.59. The largest absolute Gasteiger partial charge is 0.469 e. The Balaban J connectivity index is 0.843. The topological polar surface area (TPSA) is 118 Å². The Morgan fingerprint density at radius 2 is 1.38 bits per heavy atom. The minimum atomic E-state index is -0.402. The number of hydrogen-bond acceptors (Lipinski definition) is 8. The fraction of sp³-hybridized carbons (Fsp3) is 0.527. The van der Waals surface area contributed by atoms with E-state index < -0.39 is 5.92 Å². The van der Waals surface area contributed by atoms with Crippen molar-refractivity contribution in [2.24, 2.45) is 39.6 Å². The van der Waals surface area contributed by atoms with Crippen LogP contribution in [-0.2, 0) is 35.1 Å². The van der Waals surface area contributed by atoms with Crippen LogP contribution in [0, 0.1) is 29.6 Å². The number of esters is 2. The summed E-state index contributed by atoms with van der Waals surface area (Å²) in [6.07, 6.45) is 12.0. The van der Waals surface area contributed by atoms with Gasteiger partial charge in [-0.05, 0) is 137 Å². The summed E-state index contributed by atoms with van der Waals surface area (Å²) in [4.78, 5) is 66.9. The summed E-state index contributed by atoms with van der Waals surface area (Å²) in [5.41, 5.74) is 14.9.